The second kappa shape index (κ2) is 8.61. The van der Waals surface area contributed by atoms with E-state index in [0.717, 1.165) is 5.56 Å². The SMILES string of the molecule is COc1cc(-c2nnc(SCc3ccc([N+](=O)[O-])cc3)o2)cc(OC)c1OC. The van der Waals surface area contributed by atoms with Crippen LogP contribution in [0.3, 0.4) is 0 Å². The van der Waals surface area contributed by atoms with E-state index in [2.05, 4.69) is 10.2 Å². The molecule has 0 amide bonds. The molecule has 0 fully saturated rings. The first-order valence-electron chi connectivity index (χ1n) is 8.05. The van der Waals surface area contributed by atoms with Gasteiger partial charge in [0.25, 0.3) is 10.9 Å². The highest BCUT2D eigenvalue weighted by Gasteiger charge is 2.17. The predicted octanol–water partition coefficient (Wildman–Crippen LogP) is 3.96. The van der Waals surface area contributed by atoms with Crippen LogP contribution in [0.15, 0.2) is 46.0 Å². The first-order chi connectivity index (χ1) is 13.5. The van der Waals surface area contributed by atoms with Crippen LogP contribution >= 0.6 is 11.8 Å². The third kappa shape index (κ3) is 4.17. The number of rotatable bonds is 8. The Morgan fingerprint density at radius 2 is 1.68 bits per heavy atom. The van der Waals surface area contributed by atoms with Crippen molar-refractivity contribution in [3.63, 3.8) is 0 Å². The Hall–Kier alpha value is -3.27. The number of methoxy groups -OCH3 is 3. The largest absolute Gasteiger partial charge is 0.493 e. The molecule has 0 aliphatic heterocycles. The van der Waals surface area contributed by atoms with Crippen molar-refractivity contribution in [1.29, 1.82) is 0 Å². The number of nitro benzene ring substituents is 1. The van der Waals surface area contributed by atoms with Gasteiger partial charge in [0.2, 0.25) is 11.6 Å². The standard InChI is InChI=1S/C18H17N3O6S/c1-24-14-8-12(9-15(25-2)16(14)26-3)17-19-20-18(27-17)28-10-11-4-6-13(7-5-11)21(22)23/h4-9H,10H2,1-3H3. The molecule has 146 valence electrons. The third-order valence-corrected chi connectivity index (χ3v) is 4.72. The minimum atomic E-state index is -0.432. The van der Waals surface area contributed by atoms with E-state index in [1.54, 1.807) is 24.3 Å². The lowest BCUT2D eigenvalue weighted by Crippen LogP contribution is -1.95. The Morgan fingerprint density at radius 1 is 1.04 bits per heavy atom. The zero-order chi connectivity index (χ0) is 20.1. The molecule has 1 heterocycles. The molecule has 0 unspecified atom stereocenters. The number of hydrogen-bond acceptors (Lipinski definition) is 9. The molecule has 0 spiro atoms. The molecule has 0 N–H and O–H groups in total. The van der Waals surface area contributed by atoms with E-state index >= 15 is 0 Å². The molecule has 9 nitrogen and oxygen atoms in total. The molecule has 3 aromatic rings. The molecule has 0 bridgehead atoms. The number of nitrogens with zero attached hydrogens (tertiary/aromatic N) is 3. The highest BCUT2D eigenvalue weighted by atomic mass is 32.2. The van der Waals surface area contributed by atoms with Crippen LogP contribution in [-0.4, -0.2) is 36.5 Å². The number of non-ortho nitro benzene ring substituents is 1. The molecule has 1 aromatic heterocycles. The summed E-state index contributed by atoms with van der Waals surface area (Å²) in [4.78, 5) is 10.3. The summed E-state index contributed by atoms with van der Waals surface area (Å²) in [5.74, 6) is 2.28. The van der Waals surface area contributed by atoms with Gasteiger partial charge >= 0.3 is 0 Å². The maximum atomic E-state index is 10.7. The van der Waals surface area contributed by atoms with Gasteiger partial charge < -0.3 is 18.6 Å². The van der Waals surface area contributed by atoms with E-state index in [1.807, 2.05) is 0 Å². The van der Waals surface area contributed by atoms with Crippen LogP contribution in [-0.2, 0) is 5.75 Å². The molecule has 10 heteroatoms. The quantitative estimate of drug-likeness (QED) is 0.313. The van der Waals surface area contributed by atoms with Crippen molar-refractivity contribution in [3.8, 4) is 28.7 Å². The molecular weight excluding hydrogens is 386 g/mol. The Balaban J connectivity index is 1.76. The number of nitro groups is 1. The first-order valence-corrected chi connectivity index (χ1v) is 9.04. The van der Waals surface area contributed by atoms with Gasteiger partial charge in [0.15, 0.2) is 11.5 Å². The van der Waals surface area contributed by atoms with E-state index in [4.69, 9.17) is 18.6 Å². The predicted molar refractivity (Wildman–Crippen MR) is 102 cm³/mol. The maximum Gasteiger partial charge on any atom is 0.277 e. The van der Waals surface area contributed by atoms with Crippen LogP contribution in [0.1, 0.15) is 5.56 Å². The Bertz CT molecular complexity index is 949. The van der Waals surface area contributed by atoms with Crippen molar-refractivity contribution in [3.05, 3.63) is 52.1 Å². The molecule has 0 saturated heterocycles. The number of benzene rings is 2. The smallest absolute Gasteiger partial charge is 0.277 e. The van der Waals surface area contributed by atoms with Crippen molar-refractivity contribution in [2.45, 2.75) is 11.0 Å². The molecule has 3 rings (SSSR count). The first kappa shape index (κ1) is 19.5. The minimum Gasteiger partial charge on any atom is -0.493 e. The van der Waals surface area contributed by atoms with Gasteiger partial charge in [0, 0.05) is 23.4 Å². The lowest BCUT2D eigenvalue weighted by Gasteiger charge is -2.12. The molecule has 0 aliphatic rings. The summed E-state index contributed by atoms with van der Waals surface area (Å²) in [6.45, 7) is 0. The maximum absolute atomic E-state index is 10.7. The molecule has 2 aromatic carbocycles. The fraction of sp³-hybridized carbons (Fsp3) is 0.222. The van der Waals surface area contributed by atoms with E-state index in [9.17, 15) is 10.1 Å². The van der Waals surface area contributed by atoms with Crippen LogP contribution < -0.4 is 14.2 Å². The van der Waals surface area contributed by atoms with Gasteiger partial charge in [-0.3, -0.25) is 10.1 Å². The fourth-order valence-corrected chi connectivity index (χ4v) is 3.17. The van der Waals surface area contributed by atoms with Gasteiger partial charge in [0.1, 0.15) is 0 Å². The van der Waals surface area contributed by atoms with E-state index < -0.39 is 4.92 Å². The second-order valence-corrected chi connectivity index (χ2v) is 6.43. The van der Waals surface area contributed by atoms with Gasteiger partial charge in [-0.05, 0) is 17.7 Å². The molecule has 0 radical (unpaired) electrons. The summed E-state index contributed by atoms with van der Waals surface area (Å²) < 4.78 is 21.7. The van der Waals surface area contributed by atoms with Gasteiger partial charge in [0.05, 0.1) is 26.3 Å². The van der Waals surface area contributed by atoms with E-state index in [1.165, 1.54) is 45.2 Å². The van der Waals surface area contributed by atoms with Gasteiger partial charge in [-0.25, -0.2) is 0 Å². The molecule has 0 saturated carbocycles. The number of hydrogen-bond donors (Lipinski definition) is 0. The van der Waals surface area contributed by atoms with Crippen molar-refractivity contribution in [2.24, 2.45) is 0 Å². The monoisotopic (exact) mass is 403 g/mol. The topological polar surface area (TPSA) is 110 Å². The number of aromatic nitrogens is 2. The van der Waals surface area contributed by atoms with Crippen molar-refractivity contribution < 1.29 is 23.6 Å². The minimum absolute atomic E-state index is 0.0521. The third-order valence-electron chi connectivity index (χ3n) is 3.83. The van der Waals surface area contributed by atoms with Crippen molar-refractivity contribution in [2.75, 3.05) is 21.3 Å². The van der Waals surface area contributed by atoms with E-state index in [0.29, 0.717) is 39.7 Å². The van der Waals surface area contributed by atoms with Crippen LogP contribution in [0, 0.1) is 10.1 Å². The summed E-state index contributed by atoms with van der Waals surface area (Å²) >= 11 is 1.33. The average molecular weight is 403 g/mol. The molecule has 0 aliphatic carbocycles. The number of ether oxygens (including phenoxy) is 3. The second-order valence-electron chi connectivity index (χ2n) is 5.50. The zero-order valence-corrected chi connectivity index (χ0v) is 16.2. The number of thioether (sulfide) groups is 1. The van der Waals surface area contributed by atoms with Crippen molar-refractivity contribution >= 4 is 17.4 Å². The average Bonchev–Trinajstić information content (AvgIpc) is 3.20. The van der Waals surface area contributed by atoms with Crippen LogP contribution in [0.2, 0.25) is 0 Å². The summed E-state index contributed by atoms with van der Waals surface area (Å²) in [7, 11) is 4.58. The Morgan fingerprint density at radius 3 is 2.21 bits per heavy atom. The zero-order valence-electron chi connectivity index (χ0n) is 15.4. The lowest BCUT2D eigenvalue weighted by atomic mass is 10.2. The lowest BCUT2D eigenvalue weighted by molar-refractivity contribution is -0.384. The molecule has 0 atom stereocenters. The van der Waals surface area contributed by atoms with Crippen molar-refractivity contribution in [1.82, 2.24) is 10.2 Å². The Labute approximate surface area is 164 Å². The molecular formula is C18H17N3O6S. The summed E-state index contributed by atoms with van der Waals surface area (Å²) in [6.07, 6.45) is 0. The highest BCUT2D eigenvalue weighted by molar-refractivity contribution is 7.98. The normalized spacial score (nSPS) is 10.5. The van der Waals surface area contributed by atoms with E-state index in [-0.39, 0.29) is 5.69 Å². The van der Waals surface area contributed by atoms with Crippen LogP contribution in [0.5, 0.6) is 17.2 Å². The van der Waals surface area contributed by atoms with Crippen LogP contribution in [0.4, 0.5) is 5.69 Å². The Kier molecular flexibility index (Phi) is 5.99. The highest BCUT2D eigenvalue weighted by Crippen LogP contribution is 2.41. The molecule has 28 heavy (non-hydrogen) atoms. The van der Waals surface area contributed by atoms with Gasteiger partial charge in [-0.2, -0.15) is 0 Å². The summed E-state index contributed by atoms with van der Waals surface area (Å²) in [5.41, 5.74) is 1.59. The van der Waals surface area contributed by atoms with Gasteiger partial charge in [-0.1, -0.05) is 23.9 Å². The van der Waals surface area contributed by atoms with Crippen LogP contribution in [0.25, 0.3) is 11.5 Å². The summed E-state index contributed by atoms with van der Waals surface area (Å²) in [5, 5.41) is 19.2. The fourth-order valence-electron chi connectivity index (χ4n) is 2.45. The van der Waals surface area contributed by atoms with Gasteiger partial charge in [-0.15, -0.1) is 10.2 Å². The summed E-state index contributed by atoms with van der Waals surface area (Å²) in [6, 6.07) is 9.76.